The zero-order valence-electron chi connectivity index (χ0n) is 13.3. The van der Waals surface area contributed by atoms with Gasteiger partial charge in [0.2, 0.25) is 0 Å². The molecule has 0 radical (unpaired) electrons. The molecule has 0 bridgehead atoms. The summed E-state index contributed by atoms with van der Waals surface area (Å²) in [7, 11) is 1.31. The normalized spacial score (nSPS) is 49.3. The van der Waals surface area contributed by atoms with Gasteiger partial charge in [0, 0.05) is 32.2 Å². The van der Waals surface area contributed by atoms with E-state index < -0.39 is 49.0 Å². The number of nitrogens with zero attached hydrogens (tertiary/aromatic N) is 1. The highest BCUT2D eigenvalue weighted by molar-refractivity contribution is 4.96. The van der Waals surface area contributed by atoms with E-state index in [1.54, 1.807) is 11.8 Å². The average molecular weight is 337 g/mol. The van der Waals surface area contributed by atoms with E-state index in [1.807, 2.05) is 0 Å². The molecule has 9 nitrogen and oxygen atoms in total. The molecule has 0 aliphatic carbocycles. The van der Waals surface area contributed by atoms with Gasteiger partial charge in [-0.3, -0.25) is 4.90 Å². The van der Waals surface area contributed by atoms with Crippen LogP contribution in [0.5, 0.6) is 0 Å². The molecule has 0 saturated carbocycles. The highest BCUT2D eigenvalue weighted by atomic mass is 16.7. The van der Waals surface area contributed by atoms with Gasteiger partial charge in [0.25, 0.3) is 0 Å². The maximum Gasteiger partial charge on any atom is 0.186 e. The largest absolute Gasteiger partial charge is 0.395 e. The predicted molar refractivity (Wildman–Crippen MR) is 77.3 cm³/mol. The standard InChI is InChI=1S/C14H27NO8/c1-6-7(5-16)15(3-8(17)10(6)18)4-9-11(19)12(20)13(21)14(22-2)23-9/h6-14,16-21H,3-5H2,1-2H3/t6-,7+,8-,9+,10-,11-,12-,13+,14-/m0/s1. The van der Waals surface area contributed by atoms with Crippen molar-refractivity contribution in [1.29, 1.82) is 0 Å². The third-order valence-electron chi connectivity index (χ3n) is 4.93. The van der Waals surface area contributed by atoms with Crippen LogP contribution < -0.4 is 0 Å². The lowest BCUT2D eigenvalue weighted by atomic mass is 9.86. The number of ether oxygens (including phenoxy) is 2. The van der Waals surface area contributed by atoms with Crippen molar-refractivity contribution in [3.63, 3.8) is 0 Å². The van der Waals surface area contributed by atoms with Gasteiger partial charge in [-0.05, 0) is 0 Å². The first-order chi connectivity index (χ1) is 10.8. The minimum Gasteiger partial charge on any atom is -0.395 e. The Bertz CT molecular complexity index is 384. The molecule has 0 aromatic heterocycles. The molecule has 9 atom stereocenters. The van der Waals surface area contributed by atoms with Crippen molar-refractivity contribution in [2.75, 3.05) is 26.8 Å². The first-order valence-corrected chi connectivity index (χ1v) is 7.75. The summed E-state index contributed by atoms with van der Waals surface area (Å²) in [5, 5.41) is 59.2. The molecule has 0 aromatic carbocycles. The quantitative estimate of drug-likeness (QED) is 0.308. The Morgan fingerprint density at radius 1 is 1.04 bits per heavy atom. The fourth-order valence-electron chi connectivity index (χ4n) is 3.38. The average Bonchev–Trinajstić information content (AvgIpc) is 2.53. The molecule has 6 N–H and O–H groups in total. The maximum absolute atomic E-state index is 10.1. The lowest BCUT2D eigenvalue weighted by molar-refractivity contribution is -0.294. The van der Waals surface area contributed by atoms with E-state index in [4.69, 9.17) is 9.47 Å². The van der Waals surface area contributed by atoms with Gasteiger partial charge in [-0.25, -0.2) is 0 Å². The fraction of sp³-hybridized carbons (Fsp3) is 1.00. The number of rotatable bonds is 4. The molecular weight excluding hydrogens is 310 g/mol. The minimum absolute atomic E-state index is 0.0968. The van der Waals surface area contributed by atoms with Crippen LogP contribution >= 0.6 is 0 Å². The van der Waals surface area contributed by atoms with E-state index >= 15 is 0 Å². The molecule has 2 aliphatic heterocycles. The number of piperidine rings is 1. The Kier molecular flexibility index (Phi) is 6.34. The van der Waals surface area contributed by atoms with Crippen LogP contribution in [-0.4, -0.2) is 111 Å². The fourth-order valence-corrected chi connectivity index (χ4v) is 3.38. The van der Waals surface area contributed by atoms with Crippen LogP contribution in [-0.2, 0) is 9.47 Å². The van der Waals surface area contributed by atoms with E-state index in [1.165, 1.54) is 7.11 Å². The van der Waals surface area contributed by atoms with E-state index in [0.29, 0.717) is 0 Å². The Balaban J connectivity index is 2.09. The summed E-state index contributed by atoms with van der Waals surface area (Å²) < 4.78 is 10.4. The van der Waals surface area contributed by atoms with Crippen molar-refractivity contribution in [2.45, 2.75) is 55.9 Å². The second kappa shape index (κ2) is 7.68. The second-order valence-electron chi connectivity index (χ2n) is 6.37. The second-order valence-corrected chi connectivity index (χ2v) is 6.37. The number of aliphatic hydroxyl groups excluding tert-OH is 6. The SMILES string of the molecule is CO[C@H]1O[C@H](CN2C[C@H](O)[C@@H](O)[C@@H](C)[C@H]2CO)[C@H](O)[C@H](O)[C@H]1O. The zero-order chi connectivity index (χ0) is 17.3. The van der Waals surface area contributed by atoms with Crippen LogP contribution in [0.25, 0.3) is 0 Å². The number of hydrogen-bond donors (Lipinski definition) is 6. The number of β-amino-alcohol motifs (C(OH)–C–C–N with tert-alkyl or cyclic N) is 1. The molecule has 2 rings (SSSR count). The van der Waals surface area contributed by atoms with Gasteiger partial charge in [-0.2, -0.15) is 0 Å². The van der Waals surface area contributed by atoms with E-state index in [0.717, 1.165) is 0 Å². The lowest BCUT2D eigenvalue weighted by Crippen LogP contribution is -2.64. The molecule has 0 unspecified atom stereocenters. The van der Waals surface area contributed by atoms with E-state index in [2.05, 4.69) is 0 Å². The molecule has 2 aliphatic rings. The van der Waals surface area contributed by atoms with Gasteiger partial charge in [-0.15, -0.1) is 0 Å². The molecule has 2 heterocycles. The molecule has 2 fully saturated rings. The Morgan fingerprint density at radius 2 is 1.70 bits per heavy atom. The van der Waals surface area contributed by atoms with Crippen LogP contribution in [0.15, 0.2) is 0 Å². The van der Waals surface area contributed by atoms with Gasteiger partial charge in [0.05, 0.1) is 18.8 Å². The summed E-state index contributed by atoms with van der Waals surface area (Å²) in [6, 6.07) is -0.422. The highest BCUT2D eigenvalue weighted by Crippen LogP contribution is 2.28. The molecule has 0 spiro atoms. The number of hydrogen-bond acceptors (Lipinski definition) is 9. The number of methoxy groups -OCH3 is 1. The van der Waals surface area contributed by atoms with E-state index in [-0.39, 0.29) is 25.6 Å². The molecule has 23 heavy (non-hydrogen) atoms. The van der Waals surface area contributed by atoms with Crippen molar-refractivity contribution < 1.29 is 40.1 Å². The summed E-state index contributed by atoms with van der Waals surface area (Å²) in [6.45, 7) is 1.69. The summed E-state index contributed by atoms with van der Waals surface area (Å²) >= 11 is 0. The molecule has 136 valence electrons. The third kappa shape index (κ3) is 3.68. The van der Waals surface area contributed by atoms with Crippen molar-refractivity contribution in [2.24, 2.45) is 5.92 Å². The third-order valence-corrected chi connectivity index (χ3v) is 4.93. The van der Waals surface area contributed by atoms with Gasteiger partial charge in [0.15, 0.2) is 6.29 Å². The first-order valence-electron chi connectivity index (χ1n) is 7.75. The zero-order valence-corrected chi connectivity index (χ0v) is 13.3. The number of aliphatic hydroxyl groups is 6. The van der Waals surface area contributed by atoms with Crippen LogP contribution in [0.3, 0.4) is 0 Å². The summed E-state index contributed by atoms with van der Waals surface area (Å²) in [5.74, 6) is -0.377. The van der Waals surface area contributed by atoms with Crippen LogP contribution in [0.4, 0.5) is 0 Å². The molecule has 0 amide bonds. The molecular formula is C14H27NO8. The van der Waals surface area contributed by atoms with Gasteiger partial charge >= 0.3 is 0 Å². The van der Waals surface area contributed by atoms with Gasteiger partial charge in [0.1, 0.15) is 24.4 Å². The van der Waals surface area contributed by atoms with Crippen molar-refractivity contribution >= 4 is 0 Å². The summed E-state index contributed by atoms with van der Waals surface area (Å²) in [5.41, 5.74) is 0. The van der Waals surface area contributed by atoms with Crippen molar-refractivity contribution in [3.05, 3.63) is 0 Å². The van der Waals surface area contributed by atoms with Crippen LogP contribution in [0.2, 0.25) is 0 Å². The lowest BCUT2D eigenvalue weighted by Gasteiger charge is -2.47. The summed E-state index contributed by atoms with van der Waals surface area (Å²) in [6.07, 6.45) is -8.01. The van der Waals surface area contributed by atoms with Gasteiger partial charge in [-0.1, -0.05) is 6.92 Å². The summed E-state index contributed by atoms with van der Waals surface area (Å²) in [4.78, 5) is 1.70. The molecule has 0 aromatic rings. The maximum atomic E-state index is 10.1. The Labute approximate surface area is 134 Å². The minimum atomic E-state index is -1.43. The van der Waals surface area contributed by atoms with Crippen molar-refractivity contribution in [3.8, 4) is 0 Å². The smallest absolute Gasteiger partial charge is 0.186 e. The Hall–Kier alpha value is -0.360. The predicted octanol–water partition coefficient (Wildman–Crippen LogP) is -3.53. The van der Waals surface area contributed by atoms with E-state index in [9.17, 15) is 30.6 Å². The van der Waals surface area contributed by atoms with Gasteiger partial charge < -0.3 is 40.1 Å². The topological polar surface area (TPSA) is 143 Å². The molecule has 2 saturated heterocycles. The van der Waals surface area contributed by atoms with Crippen molar-refractivity contribution in [1.82, 2.24) is 4.90 Å². The monoisotopic (exact) mass is 337 g/mol. The first kappa shape index (κ1) is 19.0. The van der Waals surface area contributed by atoms with Crippen LogP contribution in [0, 0.1) is 5.92 Å². The Morgan fingerprint density at radius 3 is 2.26 bits per heavy atom. The highest BCUT2D eigenvalue weighted by Gasteiger charge is 2.47. The number of likely N-dealkylation sites (tertiary alicyclic amines) is 1. The molecule has 9 heteroatoms. The van der Waals surface area contributed by atoms with Crippen LogP contribution in [0.1, 0.15) is 6.92 Å².